The van der Waals surface area contributed by atoms with Crippen LogP contribution < -0.4 is 32.3 Å². The molecular formula is C70H108N12O16. The number of carbonyl (C=O) groups excluding carboxylic acids is 11. The van der Waals surface area contributed by atoms with E-state index in [1.54, 1.807) is 117 Å². The van der Waals surface area contributed by atoms with Crippen LogP contribution in [0.1, 0.15) is 149 Å². The maximum Gasteiger partial charge on any atom is 0.410 e. The summed E-state index contributed by atoms with van der Waals surface area (Å²) in [6.45, 7) is 19.6. The molecule has 0 spiro atoms. The summed E-state index contributed by atoms with van der Waals surface area (Å²) in [7, 11) is 7.23. The van der Waals surface area contributed by atoms with E-state index in [0.717, 1.165) is 0 Å². The molecule has 544 valence electrons. The number of Topliss-reactive ketones (excluding diaryl/α,β-unsaturated/α-hetero) is 2. The van der Waals surface area contributed by atoms with Crippen molar-refractivity contribution in [2.45, 2.75) is 208 Å². The average molecular weight is 1370 g/mol. The van der Waals surface area contributed by atoms with Gasteiger partial charge in [-0.05, 0) is 86.3 Å². The number of aromatic nitrogens is 3. The quantitative estimate of drug-likeness (QED) is 0.0304. The van der Waals surface area contributed by atoms with E-state index in [1.165, 1.54) is 42.9 Å². The number of primary amides is 1. The number of methoxy groups -OCH3 is 3. The predicted octanol–water partition coefficient (Wildman–Crippen LogP) is 4.50. The number of urea groups is 1. The van der Waals surface area contributed by atoms with Crippen molar-refractivity contribution in [1.82, 2.24) is 56.3 Å². The molecule has 0 saturated carbocycles. The Morgan fingerprint density at radius 1 is 0.714 bits per heavy atom. The normalized spacial score (nSPS) is 16.5. The molecule has 28 nitrogen and oxygen atoms in total. The molecule has 2 aromatic carbocycles. The molecule has 0 aliphatic carbocycles. The number of nitrogens with one attached hydrogen (secondary N) is 5. The number of rotatable bonds is 40. The fourth-order valence-electron chi connectivity index (χ4n) is 12.5. The van der Waals surface area contributed by atoms with Crippen LogP contribution in [0.25, 0.3) is 0 Å². The smallest absolute Gasteiger partial charge is 0.410 e. The van der Waals surface area contributed by atoms with Gasteiger partial charge in [-0.15, -0.1) is 5.10 Å². The van der Waals surface area contributed by atoms with Gasteiger partial charge in [0.25, 0.3) is 0 Å². The van der Waals surface area contributed by atoms with Gasteiger partial charge in [0.15, 0.2) is 11.6 Å². The third-order valence-electron chi connectivity index (χ3n) is 18.1. The summed E-state index contributed by atoms with van der Waals surface area (Å²) >= 11 is 0. The Morgan fingerprint density at radius 3 is 1.92 bits per heavy atom. The largest absolute Gasteiger partial charge is 0.469 e. The van der Waals surface area contributed by atoms with Gasteiger partial charge in [-0.1, -0.05) is 122 Å². The van der Waals surface area contributed by atoms with E-state index in [-0.39, 0.29) is 88.2 Å². The third kappa shape index (κ3) is 24.6. The molecular weight excluding hydrogens is 1260 g/mol. The number of likely N-dealkylation sites (tertiary alicyclic amines) is 1. The summed E-state index contributed by atoms with van der Waals surface area (Å²) in [5.41, 5.74) is 7.61. The zero-order valence-electron chi connectivity index (χ0n) is 60.0. The average Bonchev–Trinajstić information content (AvgIpc) is 1.38. The molecule has 1 saturated heterocycles. The fraction of sp³-hybridized carbons (Fsp3) is 0.643. The molecule has 0 radical (unpaired) electrons. The van der Waals surface area contributed by atoms with Gasteiger partial charge < -0.3 is 66.2 Å². The second-order valence-electron chi connectivity index (χ2n) is 27.0. The van der Waals surface area contributed by atoms with Crippen LogP contribution >= 0.6 is 0 Å². The molecule has 3 aromatic rings. The molecule has 8 N–H and O–H groups in total. The van der Waals surface area contributed by atoms with Crippen LogP contribution in [0.2, 0.25) is 0 Å². The summed E-state index contributed by atoms with van der Waals surface area (Å²) in [6.07, 6.45) is -0.981. The highest BCUT2D eigenvalue weighted by Crippen LogP contribution is 2.30. The van der Waals surface area contributed by atoms with E-state index < -0.39 is 138 Å². The van der Waals surface area contributed by atoms with Crippen LogP contribution in [0.3, 0.4) is 0 Å². The zero-order chi connectivity index (χ0) is 73.2. The maximum absolute atomic E-state index is 14.7. The lowest BCUT2D eigenvalue weighted by Gasteiger charge is -2.40. The van der Waals surface area contributed by atoms with Crippen LogP contribution in [0, 0.1) is 42.4 Å². The number of aliphatic hydroxyl groups excluding tert-OH is 1. The minimum Gasteiger partial charge on any atom is -0.469 e. The van der Waals surface area contributed by atoms with Crippen molar-refractivity contribution < 1.29 is 76.8 Å². The number of hydrogen-bond donors (Lipinski definition) is 7. The molecule has 1 aliphatic heterocycles. The Kier molecular flexibility index (Phi) is 33.4. The van der Waals surface area contributed by atoms with E-state index in [1.807, 2.05) is 32.0 Å². The van der Waals surface area contributed by atoms with Crippen molar-refractivity contribution >= 4 is 65.1 Å². The van der Waals surface area contributed by atoms with Gasteiger partial charge in [0.2, 0.25) is 35.4 Å². The summed E-state index contributed by atoms with van der Waals surface area (Å²) in [4.78, 5) is 154. The Bertz CT molecular complexity index is 3130. The second-order valence-corrected chi connectivity index (χ2v) is 27.0. The molecule has 28 heteroatoms. The zero-order valence-corrected chi connectivity index (χ0v) is 60.0. The van der Waals surface area contributed by atoms with Crippen LogP contribution in [-0.2, 0) is 81.7 Å². The van der Waals surface area contributed by atoms with Gasteiger partial charge >= 0.3 is 18.1 Å². The number of ether oxygens (including phenoxy) is 4. The van der Waals surface area contributed by atoms with Gasteiger partial charge in [-0.25, -0.2) is 14.3 Å². The number of nitrogens with zero attached hydrogens (tertiary/aromatic N) is 6. The molecule has 2 heterocycles. The monoisotopic (exact) mass is 1370 g/mol. The number of ketones is 2. The molecule has 1 fully saturated rings. The lowest BCUT2D eigenvalue weighted by Crippen LogP contribution is -2.60. The maximum atomic E-state index is 14.7. The van der Waals surface area contributed by atoms with Crippen LogP contribution in [0.4, 0.5) is 9.59 Å². The number of hydrogen-bond acceptors (Lipinski definition) is 18. The van der Waals surface area contributed by atoms with Crippen molar-refractivity contribution in [1.29, 1.82) is 0 Å². The Morgan fingerprint density at radius 2 is 1.36 bits per heavy atom. The van der Waals surface area contributed by atoms with Crippen molar-refractivity contribution in [3.05, 3.63) is 83.2 Å². The van der Waals surface area contributed by atoms with Gasteiger partial charge in [0, 0.05) is 72.8 Å². The highest BCUT2D eigenvalue weighted by Gasteiger charge is 2.44. The van der Waals surface area contributed by atoms with Crippen LogP contribution in [-0.4, -0.2) is 203 Å². The molecule has 9 amide bonds. The first-order valence-corrected chi connectivity index (χ1v) is 33.8. The second kappa shape index (κ2) is 39.9. The minimum atomic E-state index is -1.16. The first-order valence-electron chi connectivity index (χ1n) is 33.8. The Labute approximate surface area is 576 Å². The van der Waals surface area contributed by atoms with Gasteiger partial charge in [-0.3, -0.25) is 48.1 Å². The Hall–Kier alpha value is -8.37. The van der Waals surface area contributed by atoms with Crippen molar-refractivity contribution in [2.75, 3.05) is 48.5 Å². The molecule has 0 unspecified atom stereocenters. The van der Waals surface area contributed by atoms with Gasteiger partial charge in [-0.2, -0.15) is 0 Å². The highest BCUT2D eigenvalue weighted by atomic mass is 16.6. The first kappa shape index (κ1) is 82.1. The molecule has 12 atom stereocenters. The Balaban J connectivity index is 1.40. The van der Waals surface area contributed by atoms with E-state index in [2.05, 4.69) is 36.9 Å². The third-order valence-corrected chi connectivity index (χ3v) is 18.1. The summed E-state index contributed by atoms with van der Waals surface area (Å²) < 4.78 is 23.8. The number of amides is 9. The number of aryl methyl sites for hydroxylation is 1. The lowest BCUT2D eigenvalue weighted by molar-refractivity contribution is -0.147. The van der Waals surface area contributed by atoms with Crippen LogP contribution in [0.5, 0.6) is 0 Å². The lowest BCUT2D eigenvalue weighted by atomic mass is 9.86. The van der Waals surface area contributed by atoms with Crippen molar-refractivity contribution in [3.63, 3.8) is 0 Å². The number of carbonyl (C=O) groups is 11. The van der Waals surface area contributed by atoms with E-state index in [9.17, 15) is 57.8 Å². The summed E-state index contributed by atoms with van der Waals surface area (Å²) in [5.74, 6) is -7.50. The van der Waals surface area contributed by atoms with Crippen molar-refractivity contribution in [3.8, 4) is 0 Å². The fourth-order valence-corrected chi connectivity index (χ4v) is 12.5. The summed E-state index contributed by atoms with van der Waals surface area (Å²) in [6, 6.07) is 8.81. The molecule has 1 aromatic heterocycles. The number of nitrogens with two attached hydrogens (primary N) is 1. The summed E-state index contributed by atoms with van der Waals surface area (Å²) in [5, 5.41) is 32.5. The molecule has 0 bridgehead atoms. The molecule has 4 rings (SSSR count). The van der Waals surface area contributed by atoms with E-state index in [4.69, 9.17) is 24.7 Å². The van der Waals surface area contributed by atoms with Crippen LogP contribution in [0.15, 0.2) is 60.8 Å². The number of benzene rings is 2. The molecule has 98 heavy (non-hydrogen) atoms. The SMILES string of the molecule is COC(=O)CC[C@H](NC(=O)Cn1cc(C)nn1)C(=O)C[C@H](C(=O)N[C@@H](CCCNC(N)=O)C(=O)Cc1ccc(COC(=O)N(C)[C@H](C(=O)N[C@H](C(=O)N(C)[C@@H](C(C)C)[C@@H](CC(=O)N2CCC[C@H]2[C@H](OC)[C@@H](C)C(=O)N[C@H](C)[C@@H](O)c2ccccc2)OC)C(C)C)C(C)C)cc1)C(C)C. The minimum absolute atomic E-state index is 0.0929. The highest BCUT2D eigenvalue weighted by molar-refractivity contribution is 5.95. The molecule has 1 aliphatic rings. The topological polar surface area (TPSA) is 372 Å². The number of esters is 1. The number of likely N-dealkylation sites (N-methyl/N-ethyl adjacent to an activating group) is 2. The first-order chi connectivity index (χ1) is 46.2. The predicted molar refractivity (Wildman–Crippen MR) is 364 cm³/mol. The van der Waals surface area contributed by atoms with Crippen molar-refractivity contribution in [2.24, 2.45) is 41.2 Å². The van der Waals surface area contributed by atoms with E-state index >= 15 is 0 Å². The number of aliphatic hydroxyl groups is 1. The van der Waals surface area contributed by atoms with Gasteiger partial charge in [0.1, 0.15) is 25.2 Å². The standard InChI is InChI=1S/C70H108N12O16/c1-40(2)50(35-55(84)52(30-31-59(87)96-15)74-57(85)38-81-37-44(9)77-78-81)66(90)75-51(24-20-32-72-69(71)93)54(83)34-47-26-28-48(29-27-47)39-98-70(94)80(13)62(43(7)8)67(91)76-60(41(3)4)68(92)79(12)61(42(5)6)56(95-14)36-58(86)82-33-21-25-53(82)64(97-16)45(10)65(89)73-46(11)63(88)49-22-18-17-19-23-49/h17-19,22-23,26-29,37,40-43,45-46,50-53,56,60-64,88H,20-21,24-25,30-36,38-39H2,1-16H3,(H,73,89)(H,74,85)(H,75,90)(H,76,91)(H3,71,72,93)/t45-,46-,50+,51+,52+,53+,56-,60+,61+,62+,63-,64-/m1/s1. The van der Waals surface area contributed by atoms with E-state index in [0.29, 0.717) is 41.8 Å². The van der Waals surface area contributed by atoms with Gasteiger partial charge in [0.05, 0.1) is 73.7 Å².